The van der Waals surface area contributed by atoms with Gasteiger partial charge in [-0.05, 0) is 24.3 Å². The van der Waals surface area contributed by atoms with Gasteiger partial charge in [0.25, 0.3) is 0 Å². The zero-order chi connectivity index (χ0) is 13.9. The Morgan fingerprint density at radius 2 is 1.80 bits per heavy atom. The first-order chi connectivity index (χ1) is 9.74. The smallest absolute Gasteiger partial charge is 0.212 e. The summed E-state index contributed by atoms with van der Waals surface area (Å²) in [6, 6.07) is 12.9. The molecule has 0 spiro atoms. The van der Waals surface area contributed by atoms with E-state index in [2.05, 4.69) is 10.3 Å². The predicted molar refractivity (Wildman–Crippen MR) is 73.2 cm³/mol. The number of nitrogens with one attached hydrogen (secondary N) is 1. The Morgan fingerprint density at radius 3 is 2.55 bits per heavy atom. The molecule has 1 aromatic heterocycles. The van der Waals surface area contributed by atoms with Crippen LogP contribution in [0.1, 0.15) is 0 Å². The van der Waals surface area contributed by atoms with Gasteiger partial charge in [0, 0.05) is 24.1 Å². The number of hydrogen-bond donors (Lipinski definition) is 1. The molecule has 5 heteroatoms. The van der Waals surface area contributed by atoms with Crippen molar-refractivity contribution >= 4 is 11.6 Å². The third-order valence-corrected chi connectivity index (χ3v) is 2.84. The minimum absolute atomic E-state index is 0.238. The Morgan fingerprint density at radius 1 is 1.00 bits per heavy atom. The number of aromatic nitrogens is 2. The standard InChI is InChI=1S/C15H11F2N3/c16-11-6-7-14(13(17)10-11)20-9-8-18-15(20)19-12-4-2-1-3-5-12/h1-10H,(H,18,19). The highest BCUT2D eigenvalue weighted by Gasteiger charge is 2.10. The number of halogens is 2. The fourth-order valence-corrected chi connectivity index (χ4v) is 1.92. The van der Waals surface area contributed by atoms with Crippen LogP contribution in [0.2, 0.25) is 0 Å². The molecule has 3 nitrogen and oxygen atoms in total. The van der Waals surface area contributed by atoms with Crippen molar-refractivity contribution in [2.24, 2.45) is 0 Å². The minimum atomic E-state index is -0.640. The van der Waals surface area contributed by atoms with Crippen LogP contribution >= 0.6 is 0 Å². The predicted octanol–water partition coefficient (Wildman–Crippen LogP) is 3.89. The molecular formula is C15H11F2N3. The molecule has 0 amide bonds. The van der Waals surface area contributed by atoms with E-state index in [0.29, 0.717) is 5.95 Å². The fourth-order valence-electron chi connectivity index (χ4n) is 1.92. The maximum atomic E-state index is 13.8. The van der Waals surface area contributed by atoms with E-state index in [0.717, 1.165) is 11.8 Å². The Labute approximate surface area is 114 Å². The first kappa shape index (κ1) is 12.3. The Balaban J connectivity index is 1.98. The van der Waals surface area contributed by atoms with Crippen LogP contribution in [0.5, 0.6) is 0 Å². The molecule has 3 rings (SSSR count). The zero-order valence-electron chi connectivity index (χ0n) is 10.4. The van der Waals surface area contributed by atoms with Crippen molar-refractivity contribution in [3.8, 4) is 5.69 Å². The highest BCUT2D eigenvalue weighted by molar-refractivity contribution is 5.55. The van der Waals surface area contributed by atoms with Gasteiger partial charge in [0.15, 0.2) is 0 Å². The van der Waals surface area contributed by atoms with Gasteiger partial charge in [0.2, 0.25) is 5.95 Å². The van der Waals surface area contributed by atoms with Gasteiger partial charge in [-0.25, -0.2) is 13.8 Å². The van der Waals surface area contributed by atoms with Crippen molar-refractivity contribution in [1.29, 1.82) is 0 Å². The van der Waals surface area contributed by atoms with E-state index in [-0.39, 0.29) is 5.69 Å². The zero-order valence-corrected chi connectivity index (χ0v) is 10.4. The van der Waals surface area contributed by atoms with Crippen molar-refractivity contribution in [2.75, 3.05) is 5.32 Å². The molecule has 0 atom stereocenters. The normalized spacial score (nSPS) is 10.5. The van der Waals surface area contributed by atoms with E-state index in [1.165, 1.54) is 16.7 Å². The lowest BCUT2D eigenvalue weighted by Gasteiger charge is -2.10. The third-order valence-electron chi connectivity index (χ3n) is 2.84. The number of imidazole rings is 1. The van der Waals surface area contributed by atoms with Gasteiger partial charge in [-0.2, -0.15) is 0 Å². The first-order valence-electron chi connectivity index (χ1n) is 6.05. The number of nitrogens with zero attached hydrogens (tertiary/aromatic N) is 2. The molecule has 0 radical (unpaired) electrons. The van der Waals surface area contributed by atoms with Crippen LogP contribution in [0.4, 0.5) is 20.4 Å². The van der Waals surface area contributed by atoms with Crippen LogP contribution in [0.3, 0.4) is 0 Å². The van der Waals surface area contributed by atoms with E-state index in [1.807, 2.05) is 30.3 Å². The number of para-hydroxylation sites is 1. The van der Waals surface area contributed by atoms with Crippen molar-refractivity contribution in [2.45, 2.75) is 0 Å². The van der Waals surface area contributed by atoms with Crippen molar-refractivity contribution in [1.82, 2.24) is 9.55 Å². The molecule has 0 aliphatic rings. The number of benzene rings is 2. The van der Waals surface area contributed by atoms with Crippen molar-refractivity contribution in [3.63, 3.8) is 0 Å². The van der Waals surface area contributed by atoms with Crippen LogP contribution < -0.4 is 5.32 Å². The topological polar surface area (TPSA) is 29.9 Å². The number of rotatable bonds is 3. The van der Waals surface area contributed by atoms with E-state index in [9.17, 15) is 8.78 Å². The van der Waals surface area contributed by atoms with Gasteiger partial charge in [-0.15, -0.1) is 0 Å². The van der Waals surface area contributed by atoms with Gasteiger partial charge in [0.05, 0.1) is 5.69 Å². The van der Waals surface area contributed by atoms with Crippen molar-refractivity contribution in [3.05, 3.63) is 72.6 Å². The average Bonchev–Trinajstić information content (AvgIpc) is 2.88. The molecule has 1 heterocycles. The summed E-state index contributed by atoms with van der Waals surface area (Å²) >= 11 is 0. The summed E-state index contributed by atoms with van der Waals surface area (Å²) in [5, 5.41) is 3.08. The lowest BCUT2D eigenvalue weighted by Crippen LogP contribution is -2.03. The summed E-state index contributed by atoms with van der Waals surface area (Å²) < 4.78 is 28.3. The highest BCUT2D eigenvalue weighted by atomic mass is 19.1. The first-order valence-corrected chi connectivity index (χ1v) is 6.05. The maximum absolute atomic E-state index is 13.8. The third kappa shape index (κ3) is 2.38. The Hall–Kier alpha value is -2.69. The summed E-state index contributed by atoms with van der Waals surface area (Å²) in [6.07, 6.45) is 3.16. The molecule has 0 unspecified atom stereocenters. The molecule has 0 fully saturated rings. The molecule has 0 aliphatic carbocycles. The van der Waals surface area contributed by atoms with Gasteiger partial charge < -0.3 is 5.32 Å². The van der Waals surface area contributed by atoms with Gasteiger partial charge in [-0.3, -0.25) is 4.57 Å². The maximum Gasteiger partial charge on any atom is 0.212 e. The van der Waals surface area contributed by atoms with Crippen LogP contribution in [0, 0.1) is 11.6 Å². The summed E-state index contributed by atoms with van der Waals surface area (Å²) in [5.74, 6) is -0.787. The summed E-state index contributed by atoms with van der Waals surface area (Å²) in [7, 11) is 0. The largest absolute Gasteiger partial charge is 0.325 e. The summed E-state index contributed by atoms with van der Waals surface area (Å²) in [6.45, 7) is 0. The van der Waals surface area contributed by atoms with E-state index < -0.39 is 11.6 Å². The molecular weight excluding hydrogens is 260 g/mol. The van der Waals surface area contributed by atoms with Gasteiger partial charge in [-0.1, -0.05) is 18.2 Å². The van der Waals surface area contributed by atoms with E-state index in [1.54, 1.807) is 12.4 Å². The Kier molecular flexibility index (Phi) is 3.16. The minimum Gasteiger partial charge on any atom is -0.325 e. The lowest BCUT2D eigenvalue weighted by atomic mass is 10.3. The second kappa shape index (κ2) is 5.13. The summed E-state index contributed by atoms with van der Waals surface area (Å²) in [4.78, 5) is 4.14. The number of hydrogen-bond acceptors (Lipinski definition) is 2. The lowest BCUT2D eigenvalue weighted by molar-refractivity contribution is 0.578. The second-order valence-electron chi connectivity index (χ2n) is 4.21. The molecule has 0 bridgehead atoms. The van der Waals surface area contributed by atoms with Gasteiger partial charge >= 0.3 is 0 Å². The highest BCUT2D eigenvalue weighted by Crippen LogP contribution is 2.21. The van der Waals surface area contributed by atoms with Crippen LogP contribution in [-0.2, 0) is 0 Å². The molecule has 0 aliphatic heterocycles. The molecule has 3 aromatic rings. The molecule has 0 saturated heterocycles. The van der Waals surface area contributed by atoms with Crippen molar-refractivity contribution < 1.29 is 8.78 Å². The van der Waals surface area contributed by atoms with E-state index in [4.69, 9.17) is 0 Å². The van der Waals surface area contributed by atoms with Crippen LogP contribution in [0.25, 0.3) is 5.69 Å². The molecule has 20 heavy (non-hydrogen) atoms. The average molecular weight is 271 g/mol. The quantitative estimate of drug-likeness (QED) is 0.783. The second-order valence-corrected chi connectivity index (χ2v) is 4.21. The Bertz CT molecular complexity index is 723. The van der Waals surface area contributed by atoms with Crippen LogP contribution in [-0.4, -0.2) is 9.55 Å². The molecule has 1 N–H and O–H groups in total. The number of anilines is 2. The SMILES string of the molecule is Fc1ccc(-n2ccnc2Nc2ccccc2)c(F)c1. The van der Waals surface area contributed by atoms with E-state index >= 15 is 0 Å². The van der Waals surface area contributed by atoms with Crippen LogP contribution in [0.15, 0.2) is 60.9 Å². The van der Waals surface area contributed by atoms with Gasteiger partial charge in [0.1, 0.15) is 11.6 Å². The molecule has 2 aromatic carbocycles. The summed E-state index contributed by atoms with van der Waals surface area (Å²) in [5.41, 5.74) is 1.07. The molecule has 0 saturated carbocycles. The monoisotopic (exact) mass is 271 g/mol. The fraction of sp³-hybridized carbons (Fsp3) is 0. The molecule has 100 valence electrons.